The summed E-state index contributed by atoms with van der Waals surface area (Å²) in [6, 6.07) is 22.8. The van der Waals surface area contributed by atoms with E-state index >= 15 is 0 Å². The van der Waals surface area contributed by atoms with Gasteiger partial charge in [0, 0.05) is 34.2 Å². The van der Waals surface area contributed by atoms with Crippen LogP contribution in [0.4, 0.5) is 9.59 Å². The van der Waals surface area contributed by atoms with Crippen molar-refractivity contribution in [1.29, 1.82) is 0 Å². The number of nitrogens with zero attached hydrogens (tertiary/aromatic N) is 2. The topological polar surface area (TPSA) is 129 Å². The van der Waals surface area contributed by atoms with Gasteiger partial charge < -0.3 is 30.3 Å². The van der Waals surface area contributed by atoms with Gasteiger partial charge in [-0.05, 0) is 61.2 Å². The SMILES string of the molecule is Cc1ccc(C)c(COc2ccc(C3(NC(=O)NCc4ccccc4)CCN(CC4(C)NC(=O)N(COCC[Si](C)(C)C)C4=O)C3=O)cc2)c1. The van der Waals surface area contributed by atoms with Crippen molar-refractivity contribution in [3.05, 3.63) is 101 Å². The zero-order valence-electron chi connectivity index (χ0n) is 29.9. The highest BCUT2D eigenvalue weighted by atomic mass is 28.3. The zero-order valence-corrected chi connectivity index (χ0v) is 30.9. The molecule has 2 fully saturated rings. The summed E-state index contributed by atoms with van der Waals surface area (Å²) in [6.07, 6.45) is 0.259. The van der Waals surface area contributed by atoms with E-state index in [9.17, 15) is 19.2 Å². The van der Waals surface area contributed by atoms with E-state index in [-0.39, 0.29) is 38.7 Å². The van der Waals surface area contributed by atoms with Crippen molar-refractivity contribution in [2.24, 2.45) is 0 Å². The number of nitrogens with one attached hydrogen (secondary N) is 3. The Kier molecular flexibility index (Phi) is 11.0. The summed E-state index contributed by atoms with van der Waals surface area (Å²) in [4.78, 5) is 56.8. The van der Waals surface area contributed by atoms with Gasteiger partial charge in [-0.2, -0.15) is 0 Å². The van der Waals surface area contributed by atoms with E-state index in [1.165, 1.54) is 4.90 Å². The Morgan fingerprint density at radius 1 is 0.960 bits per heavy atom. The smallest absolute Gasteiger partial charge is 0.327 e. The van der Waals surface area contributed by atoms with E-state index in [2.05, 4.69) is 53.8 Å². The molecule has 12 heteroatoms. The lowest BCUT2D eigenvalue weighted by molar-refractivity contribution is -0.138. The maximum absolute atomic E-state index is 14.4. The van der Waals surface area contributed by atoms with Gasteiger partial charge in [-0.1, -0.05) is 85.9 Å². The predicted octanol–water partition coefficient (Wildman–Crippen LogP) is 5.43. The monoisotopic (exact) mass is 699 g/mol. The molecule has 3 aromatic carbocycles. The van der Waals surface area contributed by atoms with Crippen molar-refractivity contribution in [2.75, 3.05) is 26.4 Å². The standard InChI is InChI=1S/C38H49N5O6Si/c1-27-12-13-28(2)30(22-27)24-49-32-16-14-31(15-17-32)38(40-35(46)39-23-29-10-8-7-9-11-29)18-19-42(34(38)45)25-37(3)33(44)43(36(47)41-37)26-48-20-21-50(4,5)6/h7-17,22H,18-21,23-26H2,1-6H3,(H,41,47)(H2,39,40,46). The minimum absolute atomic E-state index is 0.0616. The maximum Gasteiger partial charge on any atom is 0.327 e. The highest BCUT2D eigenvalue weighted by molar-refractivity contribution is 6.76. The quantitative estimate of drug-likeness (QED) is 0.117. The summed E-state index contributed by atoms with van der Waals surface area (Å²) in [5.41, 5.74) is 2.11. The molecule has 3 N–H and O–H groups in total. The van der Waals surface area contributed by atoms with E-state index in [4.69, 9.17) is 9.47 Å². The third kappa shape index (κ3) is 8.54. The number of hydrogen-bond acceptors (Lipinski definition) is 6. The number of aryl methyl sites for hydroxylation is 2. The molecule has 2 aliphatic rings. The number of amides is 6. The molecule has 2 unspecified atom stereocenters. The Hall–Kier alpha value is -4.68. The average molecular weight is 700 g/mol. The third-order valence-electron chi connectivity index (χ3n) is 9.35. The Bertz CT molecular complexity index is 1710. The minimum Gasteiger partial charge on any atom is -0.489 e. The van der Waals surface area contributed by atoms with Gasteiger partial charge in [0.25, 0.3) is 11.8 Å². The van der Waals surface area contributed by atoms with E-state index in [1.54, 1.807) is 31.2 Å². The first kappa shape index (κ1) is 36.6. The van der Waals surface area contributed by atoms with Crippen LogP contribution in [0.1, 0.15) is 41.2 Å². The van der Waals surface area contributed by atoms with Crippen molar-refractivity contribution in [3.8, 4) is 5.75 Å². The van der Waals surface area contributed by atoms with Crippen LogP contribution in [0.15, 0.2) is 72.8 Å². The summed E-state index contributed by atoms with van der Waals surface area (Å²) in [5.74, 6) is -0.205. The van der Waals surface area contributed by atoms with Gasteiger partial charge in [0.15, 0.2) is 0 Å². The number of carbonyl (C=O) groups is 4. The molecule has 2 heterocycles. The molecule has 5 rings (SSSR count). The van der Waals surface area contributed by atoms with E-state index in [0.29, 0.717) is 24.5 Å². The first-order chi connectivity index (χ1) is 23.7. The van der Waals surface area contributed by atoms with Gasteiger partial charge >= 0.3 is 12.1 Å². The Balaban J connectivity index is 1.32. The van der Waals surface area contributed by atoms with Gasteiger partial charge in [0.1, 0.15) is 30.2 Å². The van der Waals surface area contributed by atoms with Crippen LogP contribution in [0.25, 0.3) is 0 Å². The molecule has 50 heavy (non-hydrogen) atoms. The van der Waals surface area contributed by atoms with Crippen molar-refractivity contribution >= 4 is 32.0 Å². The van der Waals surface area contributed by atoms with Gasteiger partial charge in [0.2, 0.25) is 0 Å². The lowest BCUT2D eigenvalue weighted by Gasteiger charge is -2.32. The fourth-order valence-electron chi connectivity index (χ4n) is 6.24. The first-order valence-corrected chi connectivity index (χ1v) is 20.8. The van der Waals surface area contributed by atoms with Crippen LogP contribution in [-0.4, -0.2) is 73.7 Å². The fourth-order valence-corrected chi connectivity index (χ4v) is 7.00. The average Bonchev–Trinajstić information content (AvgIpc) is 3.49. The predicted molar refractivity (Wildman–Crippen MR) is 194 cm³/mol. The number of likely N-dealkylation sites (tertiary alicyclic amines) is 1. The molecule has 266 valence electrons. The van der Waals surface area contributed by atoms with Crippen molar-refractivity contribution in [2.45, 2.75) is 77.1 Å². The van der Waals surface area contributed by atoms with Crippen molar-refractivity contribution < 1.29 is 28.7 Å². The number of urea groups is 2. The number of rotatable bonds is 14. The summed E-state index contributed by atoms with van der Waals surface area (Å²) < 4.78 is 11.8. The van der Waals surface area contributed by atoms with Crippen LogP contribution in [-0.2, 0) is 33.0 Å². The minimum atomic E-state index is -1.41. The zero-order chi connectivity index (χ0) is 36.1. The molecule has 11 nitrogen and oxygen atoms in total. The van der Waals surface area contributed by atoms with E-state index in [0.717, 1.165) is 33.2 Å². The summed E-state index contributed by atoms with van der Waals surface area (Å²) >= 11 is 0. The van der Waals surface area contributed by atoms with Gasteiger partial charge in [-0.25, -0.2) is 14.5 Å². The van der Waals surface area contributed by atoms with Crippen LogP contribution in [0.2, 0.25) is 25.7 Å². The molecule has 2 atom stereocenters. The molecule has 0 aliphatic carbocycles. The summed E-state index contributed by atoms with van der Waals surface area (Å²) in [5, 5.41) is 8.63. The molecular weight excluding hydrogens is 651 g/mol. The van der Waals surface area contributed by atoms with Crippen LogP contribution in [0.3, 0.4) is 0 Å². The highest BCUT2D eigenvalue weighted by Crippen LogP contribution is 2.36. The van der Waals surface area contributed by atoms with E-state index < -0.39 is 37.1 Å². The number of benzene rings is 3. The second kappa shape index (κ2) is 15.1. The van der Waals surface area contributed by atoms with E-state index in [1.807, 2.05) is 44.2 Å². The lowest BCUT2D eigenvalue weighted by Crippen LogP contribution is -2.57. The van der Waals surface area contributed by atoms with Crippen LogP contribution in [0, 0.1) is 13.8 Å². The molecule has 2 aliphatic heterocycles. The van der Waals surface area contributed by atoms with Gasteiger partial charge in [0.05, 0.1) is 6.54 Å². The summed E-state index contributed by atoms with van der Waals surface area (Å²) in [7, 11) is -1.35. The molecule has 3 aromatic rings. The molecule has 0 spiro atoms. The summed E-state index contributed by atoms with van der Waals surface area (Å²) in [6.45, 7) is 13.6. The van der Waals surface area contributed by atoms with Crippen LogP contribution >= 0.6 is 0 Å². The van der Waals surface area contributed by atoms with Gasteiger partial charge in [-0.15, -0.1) is 0 Å². The fraction of sp³-hybridized carbons (Fsp3) is 0.421. The molecule has 6 amide bonds. The normalized spacial score (nSPS) is 20.6. The second-order valence-electron chi connectivity index (χ2n) is 14.8. The van der Waals surface area contributed by atoms with Crippen molar-refractivity contribution in [3.63, 3.8) is 0 Å². The van der Waals surface area contributed by atoms with Crippen LogP contribution in [0.5, 0.6) is 5.75 Å². The largest absolute Gasteiger partial charge is 0.489 e. The second-order valence-corrected chi connectivity index (χ2v) is 20.4. The third-order valence-corrected chi connectivity index (χ3v) is 11.1. The molecule has 0 aromatic heterocycles. The maximum atomic E-state index is 14.4. The molecule has 0 saturated carbocycles. The number of hydrogen-bond donors (Lipinski definition) is 3. The molecule has 0 radical (unpaired) electrons. The van der Waals surface area contributed by atoms with Crippen LogP contribution < -0.4 is 20.7 Å². The first-order valence-electron chi connectivity index (χ1n) is 17.1. The Morgan fingerprint density at radius 3 is 2.38 bits per heavy atom. The molecular formula is C38H49N5O6Si. The number of ether oxygens (including phenoxy) is 2. The van der Waals surface area contributed by atoms with Gasteiger partial charge in [-0.3, -0.25) is 9.59 Å². The lowest BCUT2D eigenvalue weighted by atomic mass is 9.88. The highest BCUT2D eigenvalue weighted by Gasteiger charge is 2.54. The number of imide groups is 1. The van der Waals surface area contributed by atoms with Crippen molar-refractivity contribution in [1.82, 2.24) is 25.8 Å². The number of carbonyl (C=O) groups excluding carboxylic acids is 4. The Morgan fingerprint density at radius 2 is 1.68 bits per heavy atom. The Labute approximate surface area is 295 Å². The molecule has 0 bridgehead atoms. The molecule has 2 saturated heterocycles.